The smallest absolute Gasteiger partial charge is 0.131 e. The molecule has 5 nitrogen and oxygen atoms in total. The fourth-order valence-corrected chi connectivity index (χ4v) is 1.92. The van der Waals surface area contributed by atoms with E-state index in [9.17, 15) is 0 Å². The average Bonchev–Trinajstić information content (AvgIpc) is 2.35. The summed E-state index contributed by atoms with van der Waals surface area (Å²) >= 11 is 0. The number of hydrogen-bond acceptors (Lipinski definition) is 5. The van der Waals surface area contributed by atoms with Gasteiger partial charge in [0.25, 0.3) is 0 Å². The molecule has 0 radical (unpaired) electrons. The SMILES string of the molecule is COc1cc(OC)c(C(N)CC(C)N)c(OC)c1. The number of ether oxygens (including phenoxy) is 3. The van der Waals surface area contributed by atoms with Gasteiger partial charge in [0.2, 0.25) is 0 Å². The lowest BCUT2D eigenvalue weighted by molar-refractivity contribution is 0.361. The van der Waals surface area contributed by atoms with Crippen molar-refractivity contribution in [3.8, 4) is 17.2 Å². The van der Waals surface area contributed by atoms with Crippen LogP contribution in [-0.4, -0.2) is 27.4 Å². The highest BCUT2D eigenvalue weighted by Crippen LogP contribution is 2.38. The van der Waals surface area contributed by atoms with Gasteiger partial charge < -0.3 is 25.7 Å². The highest BCUT2D eigenvalue weighted by atomic mass is 16.5. The highest BCUT2D eigenvalue weighted by Gasteiger charge is 2.20. The van der Waals surface area contributed by atoms with Crippen molar-refractivity contribution in [2.45, 2.75) is 25.4 Å². The van der Waals surface area contributed by atoms with E-state index in [4.69, 9.17) is 25.7 Å². The zero-order chi connectivity index (χ0) is 13.7. The van der Waals surface area contributed by atoms with Gasteiger partial charge in [-0.25, -0.2) is 0 Å². The minimum Gasteiger partial charge on any atom is -0.496 e. The summed E-state index contributed by atoms with van der Waals surface area (Å²) in [6.45, 7) is 1.92. The van der Waals surface area contributed by atoms with E-state index in [0.29, 0.717) is 23.7 Å². The fraction of sp³-hybridized carbons (Fsp3) is 0.538. The largest absolute Gasteiger partial charge is 0.496 e. The van der Waals surface area contributed by atoms with Crippen LogP contribution in [0.4, 0.5) is 0 Å². The summed E-state index contributed by atoms with van der Waals surface area (Å²) in [4.78, 5) is 0. The van der Waals surface area contributed by atoms with E-state index in [1.54, 1.807) is 33.5 Å². The molecule has 0 saturated heterocycles. The number of hydrogen-bond donors (Lipinski definition) is 2. The first-order chi connectivity index (χ1) is 8.53. The lowest BCUT2D eigenvalue weighted by Crippen LogP contribution is -2.24. The normalized spacial score (nSPS) is 13.9. The van der Waals surface area contributed by atoms with Gasteiger partial charge in [0, 0.05) is 24.2 Å². The molecule has 0 amide bonds. The maximum Gasteiger partial charge on any atom is 0.131 e. The first kappa shape index (κ1) is 14.6. The summed E-state index contributed by atoms with van der Waals surface area (Å²) in [7, 11) is 4.78. The van der Waals surface area contributed by atoms with Gasteiger partial charge >= 0.3 is 0 Å². The van der Waals surface area contributed by atoms with Gasteiger partial charge in [-0.05, 0) is 13.3 Å². The van der Waals surface area contributed by atoms with E-state index in [1.165, 1.54) is 0 Å². The number of benzene rings is 1. The second-order valence-corrected chi connectivity index (χ2v) is 4.27. The van der Waals surface area contributed by atoms with Crippen LogP contribution in [0.15, 0.2) is 12.1 Å². The predicted octanol–water partition coefficient (Wildman–Crippen LogP) is 1.45. The van der Waals surface area contributed by atoms with Gasteiger partial charge in [-0.15, -0.1) is 0 Å². The maximum atomic E-state index is 6.16. The summed E-state index contributed by atoms with van der Waals surface area (Å²) < 4.78 is 15.9. The number of rotatable bonds is 6. The van der Waals surface area contributed by atoms with Crippen molar-refractivity contribution in [3.05, 3.63) is 17.7 Å². The Balaban J connectivity index is 3.21. The molecule has 1 aromatic carbocycles. The molecule has 5 heteroatoms. The second kappa shape index (κ2) is 6.47. The Kier molecular flexibility index (Phi) is 5.25. The first-order valence-corrected chi connectivity index (χ1v) is 5.84. The molecule has 1 aromatic rings. The fourth-order valence-electron chi connectivity index (χ4n) is 1.92. The molecule has 0 spiro atoms. The molecule has 0 saturated carbocycles. The van der Waals surface area contributed by atoms with E-state index >= 15 is 0 Å². The molecular formula is C13H22N2O3. The molecular weight excluding hydrogens is 232 g/mol. The van der Waals surface area contributed by atoms with Crippen LogP contribution in [0.25, 0.3) is 0 Å². The van der Waals surface area contributed by atoms with Crippen molar-refractivity contribution < 1.29 is 14.2 Å². The zero-order valence-electron chi connectivity index (χ0n) is 11.4. The lowest BCUT2D eigenvalue weighted by atomic mass is 9.99. The summed E-state index contributed by atoms with van der Waals surface area (Å²) in [6, 6.07) is 3.36. The highest BCUT2D eigenvalue weighted by molar-refractivity contribution is 5.52. The van der Waals surface area contributed by atoms with Gasteiger partial charge in [0.1, 0.15) is 17.2 Å². The van der Waals surface area contributed by atoms with Crippen LogP contribution >= 0.6 is 0 Å². The topological polar surface area (TPSA) is 79.7 Å². The molecule has 0 aliphatic rings. The van der Waals surface area contributed by atoms with Crippen LogP contribution in [0.1, 0.15) is 24.9 Å². The Labute approximate surface area is 108 Å². The molecule has 102 valence electrons. The third-order valence-electron chi connectivity index (χ3n) is 2.75. The van der Waals surface area contributed by atoms with Crippen LogP contribution in [0.5, 0.6) is 17.2 Å². The summed E-state index contributed by atoms with van der Waals surface area (Å²) in [5.74, 6) is 1.97. The monoisotopic (exact) mass is 254 g/mol. The maximum absolute atomic E-state index is 6.16. The predicted molar refractivity (Wildman–Crippen MR) is 71.3 cm³/mol. The van der Waals surface area contributed by atoms with Crippen LogP contribution in [0, 0.1) is 0 Å². The minimum atomic E-state index is -0.235. The molecule has 0 aliphatic carbocycles. The Morgan fingerprint density at radius 3 is 1.83 bits per heavy atom. The van der Waals surface area contributed by atoms with Crippen molar-refractivity contribution in [2.75, 3.05) is 21.3 Å². The van der Waals surface area contributed by atoms with Crippen molar-refractivity contribution in [3.63, 3.8) is 0 Å². The van der Waals surface area contributed by atoms with Crippen molar-refractivity contribution >= 4 is 0 Å². The van der Waals surface area contributed by atoms with Gasteiger partial charge in [-0.3, -0.25) is 0 Å². The average molecular weight is 254 g/mol. The Bertz CT molecular complexity index is 369. The van der Waals surface area contributed by atoms with E-state index < -0.39 is 0 Å². The summed E-state index contributed by atoms with van der Waals surface area (Å²) in [5.41, 5.74) is 12.8. The first-order valence-electron chi connectivity index (χ1n) is 5.84. The molecule has 0 aromatic heterocycles. The van der Waals surface area contributed by atoms with Crippen LogP contribution < -0.4 is 25.7 Å². The molecule has 1 rings (SSSR count). The molecule has 0 fully saturated rings. The zero-order valence-corrected chi connectivity index (χ0v) is 11.4. The minimum absolute atomic E-state index is 0.0107. The van der Waals surface area contributed by atoms with Crippen molar-refractivity contribution in [1.29, 1.82) is 0 Å². The third kappa shape index (κ3) is 3.27. The Hall–Kier alpha value is -1.46. The lowest BCUT2D eigenvalue weighted by Gasteiger charge is -2.21. The van der Waals surface area contributed by atoms with Crippen molar-refractivity contribution in [2.24, 2.45) is 11.5 Å². The van der Waals surface area contributed by atoms with Crippen molar-refractivity contribution in [1.82, 2.24) is 0 Å². The molecule has 0 aliphatic heterocycles. The number of methoxy groups -OCH3 is 3. The van der Waals surface area contributed by atoms with Gasteiger partial charge in [-0.2, -0.15) is 0 Å². The molecule has 0 bridgehead atoms. The van der Waals surface area contributed by atoms with E-state index in [1.807, 2.05) is 6.92 Å². The molecule has 2 atom stereocenters. The van der Waals surface area contributed by atoms with Crippen LogP contribution in [0.3, 0.4) is 0 Å². The van der Waals surface area contributed by atoms with E-state index in [2.05, 4.69) is 0 Å². The summed E-state index contributed by atoms with van der Waals surface area (Å²) in [5, 5.41) is 0. The standard InChI is InChI=1S/C13H22N2O3/c1-8(14)5-10(15)13-11(17-3)6-9(16-2)7-12(13)18-4/h6-8,10H,5,14-15H2,1-4H3. The quantitative estimate of drug-likeness (QED) is 0.803. The second-order valence-electron chi connectivity index (χ2n) is 4.27. The van der Waals surface area contributed by atoms with Crippen LogP contribution in [0.2, 0.25) is 0 Å². The van der Waals surface area contributed by atoms with E-state index in [0.717, 1.165) is 5.56 Å². The Morgan fingerprint density at radius 2 is 1.50 bits per heavy atom. The third-order valence-corrected chi connectivity index (χ3v) is 2.75. The number of nitrogens with two attached hydrogens (primary N) is 2. The molecule has 4 N–H and O–H groups in total. The molecule has 18 heavy (non-hydrogen) atoms. The molecule has 2 unspecified atom stereocenters. The van der Waals surface area contributed by atoms with Gasteiger partial charge in [-0.1, -0.05) is 0 Å². The van der Waals surface area contributed by atoms with Gasteiger partial charge in [0.05, 0.1) is 26.9 Å². The van der Waals surface area contributed by atoms with E-state index in [-0.39, 0.29) is 12.1 Å². The Morgan fingerprint density at radius 1 is 1.00 bits per heavy atom. The molecule has 0 heterocycles. The summed E-state index contributed by atoms with van der Waals surface area (Å²) in [6.07, 6.45) is 0.652. The van der Waals surface area contributed by atoms with Crippen LogP contribution in [-0.2, 0) is 0 Å². The van der Waals surface area contributed by atoms with Gasteiger partial charge in [0.15, 0.2) is 0 Å².